The number of rotatable bonds is 5. The van der Waals surface area contributed by atoms with Gasteiger partial charge in [0.05, 0.1) is 46.2 Å². The summed E-state index contributed by atoms with van der Waals surface area (Å²) in [4.78, 5) is 127. The van der Waals surface area contributed by atoms with Gasteiger partial charge >= 0.3 is 11.9 Å². The molecule has 0 radical (unpaired) electrons. The lowest BCUT2D eigenvalue weighted by Crippen LogP contribution is -2.46. The monoisotopic (exact) mass is 1480 g/mol. The molecule has 0 aliphatic heterocycles. The van der Waals surface area contributed by atoms with E-state index in [4.69, 9.17) is 9.47 Å². The Balaban J connectivity index is 0.000000107. The van der Waals surface area contributed by atoms with Crippen LogP contribution in [0.2, 0.25) is 0 Å². The molecular weight excluding hydrogens is 1370 g/mol. The summed E-state index contributed by atoms with van der Waals surface area (Å²) in [6, 6.07) is 0. The Morgan fingerprint density at radius 2 is 0.655 bits per heavy atom. The largest absolute Gasteiger partial charge is 0.465 e. The van der Waals surface area contributed by atoms with Gasteiger partial charge in [-0.25, -0.2) is 0 Å². The van der Waals surface area contributed by atoms with Crippen molar-refractivity contribution >= 4 is 58.2 Å². The first-order valence-electron chi connectivity index (χ1n) is 42.1. The molecule has 0 aromatic carbocycles. The van der Waals surface area contributed by atoms with Crippen LogP contribution in [-0.4, -0.2) is 70.9 Å². The zero-order valence-corrected chi connectivity index (χ0v) is 67.4. The highest BCUT2D eigenvalue weighted by molar-refractivity contribution is 6.05. The third-order valence-electron chi connectivity index (χ3n) is 33.7. The third-order valence-corrected chi connectivity index (χ3v) is 33.7. The minimum absolute atomic E-state index is 0.0156. The fourth-order valence-electron chi connectivity index (χ4n) is 27.5. The van der Waals surface area contributed by atoms with E-state index in [1.807, 2.05) is 45.1 Å². The smallest absolute Gasteiger partial charge is 0.314 e. The predicted molar refractivity (Wildman–Crippen MR) is 423 cm³/mol. The molecule has 110 heavy (non-hydrogen) atoms. The average molecular weight is 1480 g/mol. The van der Waals surface area contributed by atoms with E-state index in [0.29, 0.717) is 67.3 Å². The van der Waals surface area contributed by atoms with E-state index in [0.717, 1.165) is 168 Å². The van der Waals surface area contributed by atoms with Gasteiger partial charge in [-0.1, -0.05) is 142 Å². The zero-order chi connectivity index (χ0) is 78.0. The number of ether oxygens (including phenoxy) is 2. The molecule has 20 rings (SSSR count). The van der Waals surface area contributed by atoms with Crippen LogP contribution in [0.4, 0.5) is 0 Å². The van der Waals surface area contributed by atoms with Gasteiger partial charge < -0.3 is 9.47 Å². The van der Waals surface area contributed by atoms with E-state index in [1.54, 1.807) is 36.5 Å². The molecule has 4 fully saturated rings. The number of hydrogen-bond donors (Lipinski definition) is 0. The van der Waals surface area contributed by atoms with Crippen molar-refractivity contribution in [2.45, 2.75) is 257 Å². The van der Waals surface area contributed by atoms with Crippen LogP contribution < -0.4 is 0 Å². The van der Waals surface area contributed by atoms with E-state index in [1.165, 1.54) is 55.7 Å². The van der Waals surface area contributed by atoms with Crippen LogP contribution in [0, 0.1) is 88.7 Å². The first kappa shape index (κ1) is 74.9. The molecule has 12 heteroatoms. The highest BCUT2D eigenvalue weighted by Gasteiger charge is 2.70. The molecule has 0 aromatic heterocycles. The van der Waals surface area contributed by atoms with Crippen LogP contribution in [0.1, 0.15) is 251 Å². The summed E-state index contributed by atoms with van der Waals surface area (Å²) in [6.45, 7) is 28.7. The number of hydrogen-bond acceptors (Lipinski definition) is 12. The van der Waals surface area contributed by atoms with Crippen LogP contribution in [0.3, 0.4) is 0 Å². The summed E-state index contributed by atoms with van der Waals surface area (Å²) in [5.41, 5.74) is 17.8. The highest BCUT2D eigenvalue weighted by Crippen LogP contribution is 2.75. The second kappa shape index (κ2) is 25.1. The van der Waals surface area contributed by atoms with Gasteiger partial charge in [-0.2, -0.15) is 0 Å². The summed E-state index contributed by atoms with van der Waals surface area (Å²) >= 11 is 0. The summed E-state index contributed by atoms with van der Waals surface area (Å²) < 4.78 is 11.3. The van der Waals surface area contributed by atoms with Crippen molar-refractivity contribution < 1.29 is 57.4 Å². The molecular formula is C98H112O12. The number of allylic oxidation sites excluding steroid dienone is 30. The molecule has 0 bridgehead atoms. The first-order chi connectivity index (χ1) is 52.0. The number of esters is 2. The van der Waals surface area contributed by atoms with Crippen molar-refractivity contribution in [3.8, 4) is 0 Å². The zero-order valence-electron chi connectivity index (χ0n) is 67.4. The standard InChI is InChI=1S/2C26H30O4.2C23H26O2/c1-15(2)30-23(29)18-14-16-13-17(27)5-11-25(16,4)19-7-12-26-20(22(18)19)6-9-24(26,3)10-8-21(26)28;1-4-13-30-23(29)18-15-16-14-17(27)5-11-25(16,3)19-7-12-26-20(22(18)19)6-9-24(26,2)10-8-21(26)28;2*1-14-12-15-13-16(24)4-10-22(15,3)17-6-11-23-18(20(14)17)5-8-21(23,2)9-7-19(23)25/h5-6,11,13,15,18H,7-10,12,14H2,1-4H3;5-6,11,14,18H,4,7-10,12-13,15H2,1-3H3;2*4-5,10,13-14H,6-9,11-12H2,1-3H3/t2*18-,24+,25?,26?;2*14-,21+,22?,23?/m1111/s1. The minimum Gasteiger partial charge on any atom is -0.465 e. The Kier molecular flexibility index (Phi) is 17.1. The second-order valence-electron chi connectivity index (χ2n) is 39.2. The molecule has 12 nitrogen and oxygen atoms in total. The third kappa shape index (κ3) is 9.85. The maximum absolute atomic E-state index is 13.3. The van der Waals surface area contributed by atoms with Gasteiger partial charge in [-0.05, 0) is 303 Å². The molecule has 0 amide bonds. The van der Waals surface area contributed by atoms with Gasteiger partial charge in [0.25, 0.3) is 0 Å². The number of ketones is 8. The van der Waals surface area contributed by atoms with Crippen LogP contribution >= 0.6 is 0 Å². The lowest BCUT2D eigenvalue weighted by molar-refractivity contribution is -0.151. The van der Waals surface area contributed by atoms with Gasteiger partial charge in [0.1, 0.15) is 23.1 Å². The van der Waals surface area contributed by atoms with Crippen molar-refractivity contribution in [1.29, 1.82) is 0 Å². The maximum Gasteiger partial charge on any atom is 0.314 e. The van der Waals surface area contributed by atoms with Gasteiger partial charge in [0.15, 0.2) is 23.1 Å². The Labute approximate surface area is 650 Å². The second-order valence-corrected chi connectivity index (χ2v) is 39.2. The molecule has 0 saturated heterocycles. The predicted octanol–water partition coefficient (Wildman–Crippen LogP) is 19.4. The Morgan fingerprint density at radius 3 is 0.945 bits per heavy atom. The van der Waals surface area contributed by atoms with E-state index < -0.39 is 22.7 Å². The fourth-order valence-corrected chi connectivity index (χ4v) is 27.5. The van der Waals surface area contributed by atoms with E-state index in [2.05, 4.69) is 106 Å². The number of fused-ring (bicyclic) bond motifs is 12. The van der Waals surface area contributed by atoms with Crippen molar-refractivity contribution in [3.63, 3.8) is 0 Å². The molecule has 8 unspecified atom stereocenters. The van der Waals surface area contributed by atoms with E-state index >= 15 is 0 Å². The molecule has 20 aliphatic rings. The van der Waals surface area contributed by atoms with Gasteiger partial charge in [-0.3, -0.25) is 47.9 Å². The Morgan fingerprint density at radius 1 is 0.382 bits per heavy atom. The molecule has 576 valence electrons. The normalized spacial score (nSPS) is 41.8. The lowest BCUT2D eigenvalue weighted by atomic mass is 9.51. The molecule has 4 spiro atoms. The quantitative estimate of drug-likeness (QED) is 0.237. The SMILES string of the molecule is CC(C)OC(=O)[C@@H]1CC2=CC(=O)C=CC2(C)C2=C1C1=CC[C@@]3(C)CCC(=O)C13CC2.CCCOC(=O)[C@@H]1CC2=CC(=O)C=CC2(C)C2=C1C1=CC[C@@]3(C)CCC(=O)C13CC2.C[C@@H]1CC2=CC(=O)C=CC2(C)C2=C1C1=CC[C@@]3(C)CCC(=O)C13CC2.C[C@@H]1CC2=CC(=O)C=CC2(C)C2=C1C1=CC[C@@]3(C)CCC(=O)C13CC2. The minimum atomic E-state index is -0.450. The molecule has 0 N–H and O–H groups in total. The van der Waals surface area contributed by atoms with Crippen LogP contribution in [-0.2, 0) is 57.4 Å². The number of Topliss-reactive ketones (excluding diaryl/α,β-unsaturated/α-hetero) is 4. The van der Waals surface area contributed by atoms with Crippen molar-refractivity contribution in [2.24, 2.45) is 88.7 Å². The maximum atomic E-state index is 13.3. The lowest BCUT2D eigenvalue weighted by Gasteiger charge is -2.51. The summed E-state index contributed by atoms with van der Waals surface area (Å²) in [5, 5.41) is 0. The number of carbonyl (C=O) groups is 10. The van der Waals surface area contributed by atoms with E-state index in [-0.39, 0.29) is 95.3 Å². The molecule has 0 heterocycles. The average Bonchev–Trinajstić information content (AvgIpc) is 1.50. The molecule has 0 aromatic rings. The first-order valence-corrected chi connectivity index (χ1v) is 42.1. The number of carbonyl (C=O) groups excluding carboxylic acids is 10. The van der Waals surface area contributed by atoms with Crippen molar-refractivity contribution in [3.05, 3.63) is 186 Å². The summed E-state index contributed by atoms with van der Waals surface area (Å²) in [7, 11) is 0. The van der Waals surface area contributed by atoms with Crippen molar-refractivity contribution in [2.75, 3.05) is 6.61 Å². The molecule has 16 atom stereocenters. The fraction of sp³-hybridized carbons (Fsp3) is 0.571. The highest BCUT2D eigenvalue weighted by atomic mass is 16.5. The van der Waals surface area contributed by atoms with Gasteiger partial charge in [-0.15, -0.1) is 0 Å². The summed E-state index contributed by atoms with van der Waals surface area (Å²) in [5.74, 6) is 1.34. The van der Waals surface area contributed by atoms with Gasteiger partial charge in [0, 0.05) is 47.3 Å². The molecule has 20 aliphatic carbocycles. The van der Waals surface area contributed by atoms with Crippen LogP contribution in [0.15, 0.2) is 186 Å². The Hall–Kier alpha value is -7.86. The van der Waals surface area contributed by atoms with Gasteiger partial charge in [0.2, 0.25) is 0 Å². The van der Waals surface area contributed by atoms with Crippen LogP contribution in [0.5, 0.6) is 0 Å². The van der Waals surface area contributed by atoms with Crippen molar-refractivity contribution in [1.82, 2.24) is 0 Å². The molecule has 4 saturated carbocycles. The van der Waals surface area contributed by atoms with Crippen LogP contribution in [0.25, 0.3) is 0 Å². The topological polar surface area (TPSA) is 189 Å². The Bertz CT molecular complexity index is 4770. The van der Waals surface area contributed by atoms with E-state index in [9.17, 15) is 47.9 Å². The summed E-state index contributed by atoms with van der Waals surface area (Å²) in [6.07, 6.45) is 52.6.